The molecule has 0 bridgehead atoms. The molecule has 0 radical (unpaired) electrons. The molecule has 0 rings (SSSR count). The Morgan fingerprint density at radius 3 is 2.70 bits per heavy atom. The molecule has 0 heterocycles. The Morgan fingerprint density at radius 1 is 1.50 bits per heavy atom. The van der Waals surface area contributed by atoms with Gasteiger partial charge < -0.3 is 5.73 Å². The number of allylic oxidation sites excluding steroid dienone is 1. The molecule has 1 heteroatoms. The molecule has 0 saturated carbocycles. The van der Waals surface area contributed by atoms with Gasteiger partial charge in [-0.25, -0.2) is 0 Å². The van der Waals surface area contributed by atoms with Crippen LogP contribution < -0.4 is 5.73 Å². The van der Waals surface area contributed by atoms with Gasteiger partial charge in [-0.15, -0.1) is 0 Å². The van der Waals surface area contributed by atoms with Crippen LogP contribution >= 0.6 is 0 Å². The smallest absolute Gasteiger partial charge is 0.00734 e. The van der Waals surface area contributed by atoms with Gasteiger partial charge in [-0.3, -0.25) is 0 Å². The van der Waals surface area contributed by atoms with Crippen LogP contribution in [0.2, 0.25) is 0 Å². The molecular weight excluding hydrogens is 122 g/mol. The highest BCUT2D eigenvalue weighted by molar-refractivity contribution is 4.81. The van der Waals surface area contributed by atoms with Crippen LogP contribution in [0, 0.1) is 0 Å². The lowest BCUT2D eigenvalue weighted by molar-refractivity contribution is 0.582. The highest BCUT2D eigenvalue weighted by atomic mass is 14.6. The molecule has 0 aromatic heterocycles. The minimum Gasteiger partial charge on any atom is -0.327 e. The summed E-state index contributed by atoms with van der Waals surface area (Å²) in [6, 6.07) is 0.385. The van der Waals surface area contributed by atoms with Gasteiger partial charge in [0.05, 0.1) is 0 Å². The molecule has 0 saturated heterocycles. The lowest BCUT2D eigenvalue weighted by atomic mass is 10.1. The van der Waals surface area contributed by atoms with Crippen molar-refractivity contribution in [3.05, 3.63) is 12.2 Å². The molecule has 0 aromatic carbocycles. The van der Waals surface area contributed by atoms with E-state index < -0.39 is 0 Å². The van der Waals surface area contributed by atoms with E-state index in [1.165, 1.54) is 19.3 Å². The third kappa shape index (κ3) is 5.83. The van der Waals surface area contributed by atoms with Gasteiger partial charge >= 0.3 is 0 Å². The van der Waals surface area contributed by atoms with Crippen molar-refractivity contribution < 1.29 is 0 Å². The van der Waals surface area contributed by atoms with Crippen molar-refractivity contribution in [2.75, 3.05) is 0 Å². The summed E-state index contributed by atoms with van der Waals surface area (Å²) in [7, 11) is 0. The maximum absolute atomic E-state index is 5.79. The molecule has 0 aliphatic rings. The number of hydrogen-bond acceptors (Lipinski definition) is 1. The average Bonchev–Trinajstić information content (AvgIpc) is 1.97. The second kappa shape index (κ2) is 6.81. The minimum atomic E-state index is 0.385. The van der Waals surface area contributed by atoms with Gasteiger partial charge in [-0.2, -0.15) is 0 Å². The molecule has 0 fully saturated rings. The van der Waals surface area contributed by atoms with Gasteiger partial charge in [0.2, 0.25) is 0 Å². The fourth-order valence-electron chi connectivity index (χ4n) is 0.895. The first-order valence-electron chi connectivity index (χ1n) is 4.18. The van der Waals surface area contributed by atoms with Crippen molar-refractivity contribution in [2.45, 2.75) is 45.6 Å². The molecule has 1 nitrogen and oxygen atoms in total. The lowest BCUT2D eigenvalue weighted by Gasteiger charge is -2.06. The maximum Gasteiger partial charge on any atom is 0.00734 e. The van der Waals surface area contributed by atoms with Gasteiger partial charge in [0.15, 0.2) is 0 Å². The number of rotatable bonds is 5. The number of unbranched alkanes of at least 4 members (excludes halogenated alkanes) is 1. The fourth-order valence-corrected chi connectivity index (χ4v) is 0.895. The van der Waals surface area contributed by atoms with Crippen LogP contribution in [0.1, 0.15) is 39.5 Å². The fraction of sp³-hybridized carbons (Fsp3) is 0.778. The van der Waals surface area contributed by atoms with Crippen molar-refractivity contribution in [3.8, 4) is 0 Å². The van der Waals surface area contributed by atoms with Gasteiger partial charge in [0, 0.05) is 6.04 Å². The topological polar surface area (TPSA) is 26.0 Å². The summed E-state index contributed by atoms with van der Waals surface area (Å²) in [5.41, 5.74) is 5.79. The van der Waals surface area contributed by atoms with Gasteiger partial charge in [-0.05, 0) is 19.8 Å². The Labute approximate surface area is 64.3 Å². The molecule has 0 amide bonds. The van der Waals surface area contributed by atoms with Crippen molar-refractivity contribution in [1.29, 1.82) is 0 Å². The normalized spacial score (nSPS) is 14.3. The zero-order chi connectivity index (χ0) is 7.82. The molecule has 0 aliphatic carbocycles. The SMILES string of the molecule is C/C=C\CC(N)CCCC. The first-order valence-corrected chi connectivity index (χ1v) is 4.18. The molecule has 0 aliphatic heterocycles. The van der Waals surface area contributed by atoms with Crippen molar-refractivity contribution in [1.82, 2.24) is 0 Å². The minimum absolute atomic E-state index is 0.385. The van der Waals surface area contributed by atoms with E-state index >= 15 is 0 Å². The Morgan fingerprint density at radius 2 is 2.20 bits per heavy atom. The number of nitrogens with two attached hydrogens (primary N) is 1. The van der Waals surface area contributed by atoms with E-state index in [-0.39, 0.29) is 0 Å². The second-order valence-electron chi connectivity index (χ2n) is 2.71. The molecule has 10 heavy (non-hydrogen) atoms. The van der Waals surface area contributed by atoms with Gasteiger partial charge in [0.25, 0.3) is 0 Å². The van der Waals surface area contributed by atoms with Crippen molar-refractivity contribution >= 4 is 0 Å². The Bertz CT molecular complexity index is 86.7. The predicted molar refractivity (Wildman–Crippen MR) is 46.9 cm³/mol. The summed E-state index contributed by atoms with van der Waals surface area (Å²) < 4.78 is 0. The van der Waals surface area contributed by atoms with Crippen LogP contribution in [0.3, 0.4) is 0 Å². The van der Waals surface area contributed by atoms with Crippen LogP contribution in [0.5, 0.6) is 0 Å². The second-order valence-corrected chi connectivity index (χ2v) is 2.71. The van der Waals surface area contributed by atoms with E-state index in [1.54, 1.807) is 0 Å². The molecule has 1 atom stereocenters. The summed E-state index contributed by atoms with van der Waals surface area (Å²) >= 11 is 0. The van der Waals surface area contributed by atoms with Crippen LogP contribution in [0.25, 0.3) is 0 Å². The molecule has 2 N–H and O–H groups in total. The molecule has 1 unspecified atom stereocenters. The van der Waals surface area contributed by atoms with Crippen molar-refractivity contribution in [3.63, 3.8) is 0 Å². The van der Waals surface area contributed by atoms with E-state index in [0.29, 0.717) is 6.04 Å². The molecule has 60 valence electrons. The summed E-state index contributed by atoms with van der Waals surface area (Å²) in [6.45, 7) is 4.23. The third-order valence-corrected chi connectivity index (χ3v) is 1.60. The first kappa shape index (κ1) is 9.70. The zero-order valence-electron chi connectivity index (χ0n) is 7.14. The summed E-state index contributed by atoms with van der Waals surface area (Å²) in [4.78, 5) is 0. The zero-order valence-corrected chi connectivity index (χ0v) is 7.14. The highest BCUT2D eigenvalue weighted by Crippen LogP contribution is 2.01. The van der Waals surface area contributed by atoms with E-state index in [9.17, 15) is 0 Å². The van der Waals surface area contributed by atoms with Gasteiger partial charge in [-0.1, -0.05) is 31.9 Å². The maximum atomic E-state index is 5.79. The molecular formula is C9H19N. The van der Waals surface area contributed by atoms with Crippen LogP contribution in [0.15, 0.2) is 12.2 Å². The molecule has 0 aromatic rings. The Kier molecular flexibility index (Phi) is 6.61. The van der Waals surface area contributed by atoms with E-state index in [0.717, 1.165) is 6.42 Å². The van der Waals surface area contributed by atoms with Crippen LogP contribution in [-0.2, 0) is 0 Å². The van der Waals surface area contributed by atoms with Crippen molar-refractivity contribution in [2.24, 2.45) is 5.73 Å². The first-order chi connectivity index (χ1) is 4.81. The van der Waals surface area contributed by atoms with E-state index in [4.69, 9.17) is 5.73 Å². The molecule has 0 spiro atoms. The van der Waals surface area contributed by atoms with Crippen LogP contribution in [-0.4, -0.2) is 6.04 Å². The third-order valence-electron chi connectivity index (χ3n) is 1.60. The number of hydrogen-bond donors (Lipinski definition) is 1. The average molecular weight is 141 g/mol. The highest BCUT2D eigenvalue weighted by Gasteiger charge is 1.96. The lowest BCUT2D eigenvalue weighted by Crippen LogP contribution is -2.18. The largest absolute Gasteiger partial charge is 0.327 e. The standard InChI is InChI=1S/C9H19N/c1-3-5-7-9(10)8-6-4-2/h3,5,9H,4,6-8,10H2,1-2H3/b5-3-. The summed E-state index contributed by atoms with van der Waals surface area (Å²) in [5.74, 6) is 0. The summed E-state index contributed by atoms with van der Waals surface area (Å²) in [6.07, 6.45) is 8.92. The van der Waals surface area contributed by atoms with E-state index in [2.05, 4.69) is 19.1 Å². The Hall–Kier alpha value is -0.300. The predicted octanol–water partition coefficient (Wildman–Crippen LogP) is 2.47. The van der Waals surface area contributed by atoms with Crippen LogP contribution in [0.4, 0.5) is 0 Å². The quantitative estimate of drug-likeness (QED) is 0.585. The summed E-state index contributed by atoms with van der Waals surface area (Å²) in [5, 5.41) is 0. The van der Waals surface area contributed by atoms with E-state index in [1.807, 2.05) is 6.92 Å². The Balaban J connectivity index is 3.16. The monoisotopic (exact) mass is 141 g/mol. The van der Waals surface area contributed by atoms with Gasteiger partial charge in [0.1, 0.15) is 0 Å².